The molecule has 0 amide bonds. The minimum Gasteiger partial charge on any atom is -0.497 e. The molecule has 0 radical (unpaired) electrons. The predicted molar refractivity (Wildman–Crippen MR) is 80.3 cm³/mol. The van der Waals surface area contributed by atoms with Crippen molar-refractivity contribution in [2.75, 3.05) is 7.11 Å². The van der Waals surface area contributed by atoms with Crippen LogP contribution in [0.15, 0.2) is 60.9 Å². The van der Waals surface area contributed by atoms with Crippen LogP contribution in [0, 0.1) is 6.92 Å². The number of methoxy groups -OCH3 is 1. The number of para-hydroxylation sites is 1. The lowest BCUT2D eigenvalue weighted by molar-refractivity contribution is 0.415. The summed E-state index contributed by atoms with van der Waals surface area (Å²) >= 11 is 0. The molecule has 0 fully saturated rings. The molecule has 0 bridgehead atoms. The third kappa shape index (κ3) is 2.18. The number of hydrogen-bond acceptors (Lipinski definition) is 2. The van der Waals surface area contributed by atoms with Gasteiger partial charge in [-0.15, -0.1) is 0 Å². The SMILES string of the molecule is COc1cccc(-c2nccn2-c2ccccc2C)c1. The Kier molecular flexibility index (Phi) is 3.25. The molecule has 3 nitrogen and oxygen atoms in total. The molecule has 3 heteroatoms. The zero-order valence-electron chi connectivity index (χ0n) is 11.6. The van der Waals surface area contributed by atoms with E-state index in [1.807, 2.05) is 48.8 Å². The van der Waals surface area contributed by atoms with Crippen molar-refractivity contribution in [2.24, 2.45) is 0 Å². The van der Waals surface area contributed by atoms with Crippen LogP contribution in [0.5, 0.6) is 5.75 Å². The first-order valence-electron chi connectivity index (χ1n) is 6.53. The fraction of sp³-hybridized carbons (Fsp3) is 0.118. The Bertz CT molecular complexity index is 731. The molecule has 0 saturated heterocycles. The van der Waals surface area contributed by atoms with Gasteiger partial charge in [-0.2, -0.15) is 0 Å². The van der Waals surface area contributed by atoms with Crippen LogP contribution in [0.1, 0.15) is 5.56 Å². The fourth-order valence-electron chi connectivity index (χ4n) is 2.31. The molecule has 1 heterocycles. The third-order valence-corrected chi connectivity index (χ3v) is 3.34. The van der Waals surface area contributed by atoms with Gasteiger partial charge < -0.3 is 4.74 Å². The molecule has 0 spiro atoms. The molecular formula is C17H16N2O. The smallest absolute Gasteiger partial charge is 0.144 e. The van der Waals surface area contributed by atoms with Gasteiger partial charge in [0.25, 0.3) is 0 Å². The van der Waals surface area contributed by atoms with Crippen molar-refractivity contribution in [3.63, 3.8) is 0 Å². The van der Waals surface area contributed by atoms with Crippen LogP contribution in [-0.2, 0) is 0 Å². The van der Waals surface area contributed by atoms with Crippen molar-refractivity contribution in [1.82, 2.24) is 9.55 Å². The van der Waals surface area contributed by atoms with E-state index < -0.39 is 0 Å². The normalized spacial score (nSPS) is 10.5. The van der Waals surface area contributed by atoms with Crippen molar-refractivity contribution >= 4 is 0 Å². The maximum absolute atomic E-state index is 5.29. The second kappa shape index (κ2) is 5.21. The summed E-state index contributed by atoms with van der Waals surface area (Å²) in [5, 5.41) is 0. The van der Waals surface area contributed by atoms with E-state index in [9.17, 15) is 0 Å². The minimum absolute atomic E-state index is 0.835. The van der Waals surface area contributed by atoms with E-state index in [0.29, 0.717) is 0 Å². The summed E-state index contributed by atoms with van der Waals surface area (Å²) in [6.07, 6.45) is 3.80. The first kappa shape index (κ1) is 12.5. The number of aryl methyl sites for hydroxylation is 1. The summed E-state index contributed by atoms with van der Waals surface area (Å²) in [4.78, 5) is 4.49. The highest BCUT2D eigenvalue weighted by molar-refractivity contribution is 5.61. The quantitative estimate of drug-likeness (QED) is 0.718. The number of benzene rings is 2. The Morgan fingerprint density at radius 2 is 1.90 bits per heavy atom. The van der Waals surface area contributed by atoms with Crippen LogP contribution in [0.3, 0.4) is 0 Å². The second-order valence-corrected chi connectivity index (χ2v) is 4.64. The van der Waals surface area contributed by atoms with E-state index in [0.717, 1.165) is 22.8 Å². The van der Waals surface area contributed by atoms with Crippen molar-refractivity contribution < 1.29 is 4.74 Å². The average Bonchev–Trinajstić information content (AvgIpc) is 2.97. The largest absolute Gasteiger partial charge is 0.497 e. The standard InChI is InChI=1S/C17H16N2O/c1-13-6-3-4-9-16(13)19-11-10-18-17(19)14-7-5-8-15(12-14)20-2/h3-12H,1-2H3. The van der Waals surface area contributed by atoms with Gasteiger partial charge in [0.2, 0.25) is 0 Å². The summed E-state index contributed by atoms with van der Waals surface area (Å²) in [7, 11) is 1.67. The summed E-state index contributed by atoms with van der Waals surface area (Å²) in [6, 6.07) is 16.2. The molecule has 0 N–H and O–H groups in total. The molecule has 0 atom stereocenters. The van der Waals surface area contributed by atoms with E-state index in [2.05, 4.69) is 28.6 Å². The number of imidazole rings is 1. The lowest BCUT2D eigenvalue weighted by Gasteiger charge is -2.11. The van der Waals surface area contributed by atoms with E-state index in [1.165, 1.54) is 5.56 Å². The number of rotatable bonds is 3. The van der Waals surface area contributed by atoms with Crippen LogP contribution in [0.2, 0.25) is 0 Å². The van der Waals surface area contributed by atoms with Gasteiger partial charge in [-0.05, 0) is 30.7 Å². The summed E-state index contributed by atoms with van der Waals surface area (Å²) in [6.45, 7) is 2.10. The van der Waals surface area contributed by atoms with Crippen LogP contribution >= 0.6 is 0 Å². The molecule has 1 aromatic heterocycles. The Labute approximate surface area is 118 Å². The van der Waals surface area contributed by atoms with Crippen LogP contribution in [0.4, 0.5) is 0 Å². The van der Waals surface area contributed by atoms with Gasteiger partial charge in [0.1, 0.15) is 11.6 Å². The van der Waals surface area contributed by atoms with Gasteiger partial charge in [0.05, 0.1) is 7.11 Å². The van der Waals surface area contributed by atoms with Gasteiger partial charge in [-0.1, -0.05) is 30.3 Å². The van der Waals surface area contributed by atoms with Gasteiger partial charge in [-0.25, -0.2) is 4.98 Å². The highest BCUT2D eigenvalue weighted by atomic mass is 16.5. The maximum atomic E-state index is 5.29. The van der Waals surface area contributed by atoms with E-state index >= 15 is 0 Å². The topological polar surface area (TPSA) is 27.1 Å². The molecule has 0 aliphatic rings. The third-order valence-electron chi connectivity index (χ3n) is 3.34. The van der Waals surface area contributed by atoms with Crippen molar-refractivity contribution in [1.29, 1.82) is 0 Å². The molecule has 0 aliphatic carbocycles. The van der Waals surface area contributed by atoms with E-state index in [4.69, 9.17) is 4.74 Å². The van der Waals surface area contributed by atoms with E-state index in [-0.39, 0.29) is 0 Å². The number of nitrogens with zero attached hydrogens (tertiary/aromatic N) is 2. The molecule has 3 rings (SSSR count). The van der Waals surface area contributed by atoms with Crippen LogP contribution in [-0.4, -0.2) is 16.7 Å². The van der Waals surface area contributed by atoms with Crippen LogP contribution < -0.4 is 4.74 Å². The van der Waals surface area contributed by atoms with Crippen molar-refractivity contribution in [2.45, 2.75) is 6.92 Å². The highest BCUT2D eigenvalue weighted by Crippen LogP contribution is 2.25. The van der Waals surface area contributed by atoms with Crippen molar-refractivity contribution in [3.8, 4) is 22.8 Å². The highest BCUT2D eigenvalue weighted by Gasteiger charge is 2.09. The zero-order valence-corrected chi connectivity index (χ0v) is 11.6. The van der Waals surface area contributed by atoms with Gasteiger partial charge in [0, 0.05) is 23.6 Å². The van der Waals surface area contributed by atoms with Gasteiger partial charge in [0.15, 0.2) is 0 Å². The summed E-state index contributed by atoms with van der Waals surface area (Å²) in [5.74, 6) is 1.75. The first-order valence-corrected chi connectivity index (χ1v) is 6.53. The summed E-state index contributed by atoms with van der Waals surface area (Å²) in [5.41, 5.74) is 3.40. The Balaban J connectivity index is 2.13. The monoisotopic (exact) mass is 264 g/mol. The van der Waals surface area contributed by atoms with Crippen LogP contribution in [0.25, 0.3) is 17.1 Å². The Morgan fingerprint density at radius 1 is 1.05 bits per heavy atom. The molecule has 20 heavy (non-hydrogen) atoms. The lowest BCUT2D eigenvalue weighted by Crippen LogP contribution is -1.98. The number of aromatic nitrogens is 2. The Hall–Kier alpha value is -2.55. The molecule has 0 unspecified atom stereocenters. The lowest BCUT2D eigenvalue weighted by atomic mass is 10.1. The maximum Gasteiger partial charge on any atom is 0.144 e. The molecule has 3 aromatic rings. The number of hydrogen-bond donors (Lipinski definition) is 0. The van der Waals surface area contributed by atoms with Crippen molar-refractivity contribution in [3.05, 3.63) is 66.5 Å². The molecule has 100 valence electrons. The molecular weight excluding hydrogens is 248 g/mol. The molecule has 0 aliphatic heterocycles. The fourth-order valence-corrected chi connectivity index (χ4v) is 2.31. The minimum atomic E-state index is 0.835. The molecule has 0 saturated carbocycles. The van der Waals surface area contributed by atoms with Gasteiger partial charge in [-0.3, -0.25) is 4.57 Å². The zero-order chi connectivity index (χ0) is 13.9. The van der Waals surface area contributed by atoms with Gasteiger partial charge >= 0.3 is 0 Å². The first-order chi connectivity index (χ1) is 9.79. The summed E-state index contributed by atoms with van der Waals surface area (Å²) < 4.78 is 7.39. The number of ether oxygens (including phenoxy) is 1. The second-order valence-electron chi connectivity index (χ2n) is 4.64. The van der Waals surface area contributed by atoms with E-state index in [1.54, 1.807) is 7.11 Å². The molecule has 2 aromatic carbocycles. The Morgan fingerprint density at radius 3 is 2.70 bits per heavy atom. The average molecular weight is 264 g/mol. The predicted octanol–water partition coefficient (Wildman–Crippen LogP) is 3.86.